The van der Waals surface area contributed by atoms with E-state index in [9.17, 15) is 4.79 Å². The third-order valence-corrected chi connectivity index (χ3v) is 3.68. The Bertz CT molecular complexity index is 413. The van der Waals surface area contributed by atoms with E-state index in [0.29, 0.717) is 5.02 Å². The third-order valence-electron chi connectivity index (χ3n) is 2.38. The van der Waals surface area contributed by atoms with Gasteiger partial charge in [0.25, 0.3) is 0 Å². The maximum atomic E-state index is 11.7. The van der Waals surface area contributed by atoms with Crippen molar-refractivity contribution in [3.63, 3.8) is 0 Å². The molecule has 0 N–H and O–H groups in total. The fourth-order valence-electron chi connectivity index (χ4n) is 1.46. The lowest BCUT2D eigenvalue weighted by Gasteiger charge is -2.10. The zero-order valence-electron chi connectivity index (χ0n) is 8.73. The molecule has 1 fully saturated rings. The number of thioether (sulfide) groups is 1. The average Bonchev–Trinajstić information content (AvgIpc) is 2.81. The van der Waals surface area contributed by atoms with E-state index < -0.39 is 0 Å². The molecule has 1 saturated heterocycles. The Labute approximate surface area is 104 Å². The van der Waals surface area contributed by atoms with Gasteiger partial charge in [0.15, 0.2) is 0 Å². The highest BCUT2D eigenvalue weighted by atomic mass is 35.5. The predicted molar refractivity (Wildman–Crippen MR) is 69.5 cm³/mol. The Morgan fingerprint density at radius 1 is 1.44 bits per heavy atom. The van der Waals surface area contributed by atoms with Crippen molar-refractivity contribution in [2.24, 2.45) is 0 Å². The van der Waals surface area contributed by atoms with Gasteiger partial charge in [0.2, 0.25) is 5.91 Å². The van der Waals surface area contributed by atoms with Crippen molar-refractivity contribution in [3.8, 4) is 0 Å². The molecule has 0 aliphatic carbocycles. The number of hydrogen-bond donors (Lipinski definition) is 0. The summed E-state index contributed by atoms with van der Waals surface area (Å²) in [5, 5.41) is 0.669. The quantitative estimate of drug-likeness (QED) is 0.756. The molecule has 1 heterocycles. The molecule has 1 amide bonds. The molecule has 84 valence electrons. The van der Waals surface area contributed by atoms with Crippen LogP contribution in [0.4, 0.5) is 0 Å². The van der Waals surface area contributed by atoms with Crippen molar-refractivity contribution in [3.05, 3.63) is 40.9 Å². The van der Waals surface area contributed by atoms with Gasteiger partial charge in [-0.15, -0.1) is 11.8 Å². The second-order valence-electron chi connectivity index (χ2n) is 3.49. The van der Waals surface area contributed by atoms with Gasteiger partial charge in [-0.05, 0) is 17.7 Å². The number of rotatable bonds is 2. The van der Waals surface area contributed by atoms with Crippen molar-refractivity contribution in [2.75, 3.05) is 18.2 Å². The Hall–Kier alpha value is -0.930. The highest BCUT2D eigenvalue weighted by Crippen LogP contribution is 2.17. The van der Waals surface area contributed by atoms with E-state index in [1.54, 1.807) is 23.9 Å². The molecule has 2 rings (SSSR count). The monoisotopic (exact) mass is 253 g/mol. The summed E-state index contributed by atoms with van der Waals surface area (Å²) in [7, 11) is 0. The van der Waals surface area contributed by atoms with Gasteiger partial charge in [0.05, 0.1) is 5.88 Å². The summed E-state index contributed by atoms with van der Waals surface area (Å²) in [5.74, 6) is 1.89. The molecule has 0 radical (unpaired) electrons. The number of benzene rings is 1. The topological polar surface area (TPSA) is 20.3 Å². The van der Waals surface area contributed by atoms with Crippen LogP contribution >= 0.6 is 23.4 Å². The van der Waals surface area contributed by atoms with Gasteiger partial charge in [0, 0.05) is 23.4 Å². The van der Waals surface area contributed by atoms with E-state index >= 15 is 0 Å². The lowest BCUT2D eigenvalue weighted by atomic mass is 10.2. The summed E-state index contributed by atoms with van der Waals surface area (Å²) in [5.41, 5.74) is 0.879. The highest BCUT2D eigenvalue weighted by molar-refractivity contribution is 7.99. The summed E-state index contributed by atoms with van der Waals surface area (Å²) >= 11 is 7.77. The standard InChI is InChI=1S/C12H12ClNOS/c13-11-4-2-1-3-10(11)5-6-12(15)14-7-8-16-9-14/h1-6H,7-9H2/b6-5+. The number of amides is 1. The van der Waals surface area contributed by atoms with E-state index in [2.05, 4.69) is 0 Å². The van der Waals surface area contributed by atoms with Crippen LogP contribution in [0.2, 0.25) is 5.02 Å². The minimum atomic E-state index is 0.0601. The molecule has 0 atom stereocenters. The molecule has 1 aromatic carbocycles. The number of halogens is 1. The first kappa shape index (κ1) is 11.6. The number of nitrogens with zero attached hydrogens (tertiary/aromatic N) is 1. The van der Waals surface area contributed by atoms with Crippen molar-refractivity contribution < 1.29 is 4.79 Å². The molecule has 2 nitrogen and oxygen atoms in total. The molecule has 1 aliphatic rings. The summed E-state index contributed by atoms with van der Waals surface area (Å²) in [6.45, 7) is 0.844. The van der Waals surface area contributed by atoms with Crippen LogP contribution in [0.3, 0.4) is 0 Å². The van der Waals surface area contributed by atoms with Crippen molar-refractivity contribution in [1.82, 2.24) is 4.90 Å². The molecular weight excluding hydrogens is 242 g/mol. The molecule has 0 bridgehead atoms. The SMILES string of the molecule is O=C(/C=C/c1ccccc1Cl)N1CCSC1. The predicted octanol–water partition coefficient (Wildman–Crippen LogP) is 2.89. The lowest BCUT2D eigenvalue weighted by Crippen LogP contribution is -2.25. The fraction of sp³-hybridized carbons (Fsp3) is 0.250. The summed E-state index contributed by atoms with van der Waals surface area (Å²) in [6, 6.07) is 7.49. The zero-order valence-corrected chi connectivity index (χ0v) is 10.3. The first-order valence-corrected chi connectivity index (χ1v) is 6.60. The summed E-state index contributed by atoms with van der Waals surface area (Å²) in [6.07, 6.45) is 3.36. The molecule has 0 spiro atoms. The maximum absolute atomic E-state index is 11.7. The Balaban J connectivity index is 2.03. The number of hydrogen-bond acceptors (Lipinski definition) is 2. The second-order valence-corrected chi connectivity index (χ2v) is 4.98. The van der Waals surface area contributed by atoms with Gasteiger partial charge in [-0.3, -0.25) is 4.79 Å². The van der Waals surface area contributed by atoms with E-state index in [1.165, 1.54) is 0 Å². The van der Waals surface area contributed by atoms with Crippen LogP contribution in [0.5, 0.6) is 0 Å². The van der Waals surface area contributed by atoms with Gasteiger partial charge in [0.1, 0.15) is 0 Å². The molecule has 16 heavy (non-hydrogen) atoms. The molecule has 1 aliphatic heterocycles. The smallest absolute Gasteiger partial charge is 0.247 e. The normalized spacial score (nSPS) is 15.9. The Morgan fingerprint density at radius 3 is 2.94 bits per heavy atom. The lowest BCUT2D eigenvalue weighted by molar-refractivity contribution is -0.124. The van der Waals surface area contributed by atoms with E-state index in [-0.39, 0.29) is 5.91 Å². The first-order chi connectivity index (χ1) is 7.77. The van der Waals surface area contributed by atoms with Crippen LogP contribution in [0.1, 0.15) is 5.56 Å². The molecule has 4 heteroatoms. The van der Waals surface area contributed by atoms with Crippen LogP contribution < -0.4 is 0 Å². The molecule has 0 aromatic heterocycles. The van der Waals surface area contributed by atoms with Crippen LogP contribution in [-0.4, -0.2) is 29.0 Å². The van der Waals surface area contributed by atoms with Gasteiger partial charge >= 0.3 is 0 Å². The number of carbonyl (C=O) groups excluding carboxylic acids is 1. The number of carbonyl (C=O) groups is 1. The summed E-state index contributed by atoms with van der Waals surface area (Å²) < 4.78 is 0. The average molecular weight is 254 g/mol. The highest BCUT2D eigenvalue weighted by Gasteiger charge is 2.15. The molecular formula is C12H12ClNOS. The molecule has 0 saturated carbocycles. The Kier molecular flexibility index (Phi) is 3.91. The zero-order chi connectivity index (χ0) is 11.4. The summed E-state index contributed by atoms with van der Waals surface area (Å²) in [4.78, 5) is 13.5. The van der Waals surface area contributed by atoms with Crippen LogP contribution in [0.25, 0.3) is 6.08 Å². The van der Waals surface area contributed by atoms with Gasteiger partial charge in [-0.1, -0.05) is 29.8 Å². The van der Waals surface area contributed by atoms with Gasteiger partial charge < -0.3 is 4.90 Å². The van der Waals surface area contributed by atoms with Crippen LogP contribution in [0.15, 0.2) is 30.3 Å². The van der Waals surface area contributed by atoms with Gasteiger partial charge in [-0.25, -0.2) is 0 Å². The molecule has 1 aromatic rings. The van der Waals surface area contributed by atoms with Crippen molar-refractivity contribution in [1.29, 1.82) is 0 Å². The van der Waals surface area contributed by atoms with Crippen molar-refractivity contribution >= 4 is 35.3 Å². The second kappa shape index (κ2) is 5.41. The minimum Gasteiger partial charge on any atom is -0.329 e. The van der Waals surface area contributed by atoms with E-state index in [4.69, 9.17) is 11.6 Å². The first-order valence-electron chi connectivity index (χ1n) is 5.06. The largest absolute Gasteiger partial charge is 0.329 e. The molecule has 0 unspecified atom stereocenters. The maximum Gasteiger partial charge on any atom is 0.247 e. The van der Waals surface area contributed by atoms with E-state index in [1.807, 2.05) is 29.2 Å². The minimum absolute atomic E-state index is 0.0601. The third kappa shape index (κ3) is 2.80. The Morgan fingerprint density at radius 2 is 2.25 bits per heavy atom. The van der Waals surface area contributed by atoms with Crippen LogP contribution in [-0.2, 0) is 4.79 Å². The van der Waals surface area contributed by atoms with Crippen LogP contribution in [0, 0.1) is 0 Å². The van der Waals surface area contributed by atoms with Gasteiger partial charge in [-0.2, -0.15) is 0 Å². The fourth-order valence-corrected chi connectivity index (χ4v) is 2.62. The van der Waals surface area contributed by atoms with Crippen molar-refractivity contribution in [2.45, 2.75) is 0 Å². The van der Waals surface area contributed by atoms with E-state index in [0.717, 1.165) is 23.7 Å².